The van der Waals surface area contributed by atoms with Crippen LogP contribution in [-0.2, 0) is 4.79 Å². The SMILES string of the molecule is CC(C)CC(N)C(=O)N(CCO)CC(F)F. The van der Waals surface area contributed by atoms with E-state index in [1.165, 1.54) is 0 Å². The lowest BCUT2D eigenvalue weighted by molar-refractivity contribution is -0.135. The van der Waals surface area contributed by atoms with Crippen LogP contribution < -0.4 is 5.73 Å². The number of halogens is 2. The van der Waals surface area contributed by atoms with Gasteiger partial charge in [0.2, 0.25) is 5.91 Å². The van der Waals surface area contributed by atoms with Crippen LogP contribution in [-0.4, -0.2) is 48.1 Å². The molecule has 0 aliphatic carbocycles. The zero-order valence-electron chi connectivity index (χ0n) is 9.70. The van der Waals surface area contributed by atoms with Gasteiger partial charge in [-0.15, -0.1) is 0 Å². The highest BCUT2D eigenvalue weighted by Gasteiger charge is 2.23. The van der Waals surface area contributed by atoms with Gasteiger partial charge >= 0.3 is 0 Å². The molecule has 0 spiro atoms. The Morgan fingerprint density at radius 3 is 2.38 bits per heavy atom. The highest BCUT2D eigenvalue weighted by Crippen LogP contribution is 2.07. The van der Waals surface area contributed by atoms with Gasteiger partial charge in [-0.3, -0.25) is 4.79 Å². The molecule has 0 aromatic rings. The van der Waals surface area contributed by atoms with Gasteiger partial charge in [-0.2, -0.15) is 0 Å². The predicted octanol–water partition coefficient (Wildman–Crippen LogP) is 0.446. The van der Waals surface area contributed by atoms with E-state index in [2.05, 4.69) is 0 Å². The minimum atomic E-state index is -2.61. The molecule has 0 aromatic carbocycles. The average molecular weight is 238 g/mol. The van der Waals surface area contributed by atoms with Gasteiger partial charge in [0.25, 0.3) is 6.43 Å². The van der Waals surface area contributed by atoms with Gasteiger partial charge in [-0.25, -0.2) is 8.78 Å². The quantitative estimate of drug-likeness (QED) is 0.676. The van der Waals surface area contributed by atoms with Crippen molar-refractivity contribution in [3.8, 4) is 0 Å². The molecule has 0 aromatic heterocycles. The Hall–Kier alpha value is -0.750. The summed E-state index contributed by atoms with van der Waals surface area (Å²) in [4.78, 5) is 12.6. The first-order valence-electron chi connectivity index (χ1n) is 5.31. The Morgan fingerprint density at radius 1 is 1.44 bits per heavy atom. The van der Waals surface area contributed by atoms with E-state index in [-0.39, 0.29) is 19.1 Å². The largest absolute Gasteiger partial charge is 0.395 e. The van der Waals surface area contributed by atoms with Gasteiger partial charge in [0, 0.05) is 6.54 Å². The molecule has 0 bridgehead atoms. The second-order valence-corrected chi connectivity index (χ2v) is 4.13. The monoisotopic (exact) mass is 238 g/mol. The van der Waals surface area contributed by atoms with Crippen LogP contribution in [0.4, 0.5) is 8.78 Å². The van der Waals surface area contributed by atoms with E-state index < -0.39 is 24.9 Å². The molecule has 0 aliphatic rings. The fourth-order valence-electron chi connectivity index (χ4n) is 1.42. The fourth-order valence-corrected chi connectivity index (χ4v) is 1.42. The molecule has 1 amide bonds. The predicted molar refractivity (Wildman–Crippen MR) is 57.1 cm³/mol. The first-order chi connectivity index (χ1) is 7.38. The van der Waals surface area contributed by atoms with Crippen LogP contribution in [0.3, 0.4) is 0 Å². The van der Waals surface area contributed by atoms with E-state index in [0.29, 0.717) is 6.42 Å². The summed E-state index contributed by atoms with van der Waals surface area (Å²) in [5, 5.41) is 8.68. The van der Waals surface area contributed by atoms with E-state index in [4.69, 9.17) is 10.8 Å². The van der Waals surface area contributed by atoms with Crippen LogP contribution in [0.1, 0.15) is 20.3 Å². The van der Waals surface area contributed by atoms with E-state index in [1.54, 1.807) is 0 Å². The van der Waals surface area contributed by atoms with Gasteiger partial charge in [-0.1, -0.05) is 13.8 Å². The van der Waals surface area contributed by atoms with Crippen molar-refractivity contribution in [1.29, 1.82) is 0 Å². The Labute approximate surface area is 94.4 Å². The molecule has 6 heteroatoms. The Kier molecular flexibility index (Phi) is 7.16. The lowest BCUT2D eigenvalue weighted by Crippen LogP contribution is -2.47. The lowest BCUT2D eigenvalue weighted by Gasteiger charge is -2.25. The van der Waals surface area contributed by atoms with Gasteiger partial charge in [-0.05, 0) is 12.3 Å². The zero-order valence-corrected chi connectivity index (χ0v) is 9.70. The van der Waals surface area contributed by atoms with Gasteiger partial charge in [0.05, 0.1) is 19.2 Å². The van der Waals surface area contributed by atoms with Crippen LogP contribution in [0.25, 0.3) is 0 Å². The molecule has 96 valence electrons. The molecule has 0 saturated heterocycles. The van der Waals surface area contributed by atoms with Crippen LogP contribution in [0.15, 0.2) is 0 Å². The van der Waals surface area contributed by atoms with E-state index in [0.717, 1.165) is 4.90 Å². The standard InChI is InChI=1S/C10H20F2N2O2/c1-7(2)5-8(13)10(16)14(3-4-15)6-9(11)12/h7-9,15H,3-6,13H2,1-2H3. The summed E-state index contributed by atoms with van der Waals surface area (Å²) in [7, 11) is 0. The highest BCUT2D eigenvalue weighted by molar-refractivity contribution is 5.81. The van der Waals surface area contributed by atoms with Crippen LogP contribution in [0.2, 0.25) is 0 Å². The molecule has 1 atom stereocenters. The number of nitrogens with zero attached hydrogens (tertiary/aromatic N) is 1. The number of carbonyl (C=O) groups is 1. The third kappa shape index (κ3) is 5.97. The number of aliphatic hydroxyl groups is 1. The Bertz CT molecular complexity index is 213. The fraction of sp³-hybridized carbons (Fsp3) is 0.900. The van der Waals surface area contributed by atoms with Crippen molar-refractivity contribution < 1.29 is 18.7 Å². The summed E-state index contributed by atoms with van der Waals surface area (Å²) in [6.07, 6.45) is -2.16. The van der Waals surface area contributed by atoms with Crippen molar-refractivity contribution >= 4 is 5.91 Å². The maximum atomic E-state index is 12.2. The van der Waals surface area contributed by atoms with E-state index in [1.807, 2.05) is 13.8 Å². The Balaban J connectivity index is 4.35. The molecule has 16 heavy (non-hydrogen) atoms. The third-order valence-electron chi connectivity index (χ3n) is 2.08. The second kappa shape index (κ2) is 7.51. The normalized spacial score (nSPS) is 13.2. The number of rotatable bonds is 7. The summed E-state index contributed by atoms with van der Waals surface area (Å²) in [5.41, 5.74) is 5.61. The highest BCUT2D eigenvalue weighted by atomic mass is 19.3. The van der Waals surface area contributed by atoms with Crippen LogP contribution in [0, 0.1) is 5.92 Å². The number of hydrogen-bond donors (Lipinski definition) is 2. The lowest BCUT2D eigenvalue weighted by atomic mass is 10.0. The molecule has 0 saturated carbocycles. The summed E-state index contributed by atoms with van der Waals surface area (Å²) in [5.74, 6) is -0.301. The first-order valence-corrected chi connectivity index (χ1v) is 5.31. The number of nitrogens with two attached hydrogens (primary N) is 1. The molecule has 0 rings (SSSR count). The molecule has 0 radical (unpaired) electrons. The van der Waals surface area contributed by atoms with Crippen LogP contribution in [0.5, 0.6) is 0 Å². The minimum Gasteiger partial charge on any atom is -0.395 e. The average Bonchev–Trinajstić information content (AvgIpc) is 2.14. The number of alkyl halides is 2. The first kappa shape index (κ1) is 15.2. The van der Waals surface area contributed by atoms with E-state index >= 15 is 0 Å². The van der Waals surface area contributed by atoms with Crippen molar-refractivity contribution in [2.24, 2.45) is 11.7 Å². The second-order valence-electron chi connectivity index (χ2n) is 4.13. The number of amides is 1. The van der Waals surface area contributed by atoms with Gasteiger partial charge < -0.3 is 15.7 Å². The number of carbonyl (C=O) groups excluding carboxylic acids is 1. The summed E-state index contributed by atoms with van der Waals surface area (Å²) in [6, 6.07) is -0.773. The summed E-state index contributed by atoms with van der Waals surface area (Å²) >= 11 is 0. The zero-order chi connectivity index (χ0) is 12.7. The third-order valence-corrected chi connectivity index (χ3v) is 2.08. The molecule has 0 fully saturated rings. The summed E-state index contributed by atoms with van der Waals surface area (Å²) in [6.45, 7) is 2.68. The minimum absolute atomic E-state index is 0.102. The van der Waals surface area contributed by atoms with Crippen molar-refractivity contribution in [1.82, 2.24) is 4.90 Å². The molecule has 1 unspecified atom stereocenters. The smallest absolute Gasteiger partial charge is 0.255 e. The van der Waals surface area contributed by atoms with Crippen molar-refractivity contribution in [2.45, 2.75) is 32.7 Å². The van der Waals surface area contributed by atoms with Crippen LogP contribution >= 0.6 is 0 Å². The van der Waals surface area contributed by atoms with E-state index in [9.17, 15) is 13.6 Å². The summed E-state index contributed by atoms with van der Waals surface area (Å²) < 4.78 is 24.4. The topological polar surface area (TPSA) is 66.6 Å². The molecular weight excluding hydrogens is 218 g/mol. The Morgan fingerprint density at radius 2 is 2.00 bits per heavy atom. The van der Waals surface area contributed by atoms with Crippen molar-refractivity contribution in [3.05, 3.63) is 0 Å². The van der Waals surface area contributed by atoms with Gasteiger partial charge in [0.1, 0.15) is 0 Å². The molecular formula is C10H20F2N2O2. The molecule has 4 nitrogen and oxygen atoms in total. The van der Waals surface area contributed by atoms with Crippen molar-refractivity contribution in [2.75, 3.05) is 19.7 Å². The number of hydrogen-bond acceptors (Lipinski definition) is 3. The maximum Gasteiger partial charge on any atom is 0.255 e. The molecule has 0 aliphatic heterocycles. The van der Waals surface area contributed by atoms with Gasteiger partial charge in [0.15, 0.2) is 0 Å². The maximum absolute atomic E-state index is 12.2. The van der Waals surface area contributed by atoms with Crippen molar-refractivity contribution in [3.63, 3.8) is 0 Å². The number of aliphatic hydroxyl groups excluding tert-OH is 1. The molecule has 3 N–H and O–H groups in total. The molecule has 0 heterocycles.